The van der Waals surface area contributed by atoms with Crippen LogP contribution in [0.25, 0.3) is 33.1 Å². The van der Waals surface area contributed by atoms with E-state index in [-0.39, 0.29) is 17.9 Å². The van der Waals surface area contributed by atoms with Gasteiger partial charge in [0.1, 0.15) is 24.0 Å². The van der Waals surface area contributed by atoms with Crippen molar-refractivity contribution >= 4 is 21.9 Å². The Morgan fingerprint density at radius 2 is 1.93 bits per heavy atom. The molecule has 0 saturated heterocycles. The Labute approximate surface area is 164 Å². The van der Waals surface area contributed by atoms with Gasteiger partial charge in [0.2, 0.25) is 0 Å². The fourth-order valence-corrected chi connectivity index (χ4v) is 4.78. The highest BCUT2D eigenvalue weighted by Gasteiger charge is 2.45. The zero-order valence-corrected chi connectivity index (χ0v) is 15.7. The first-order chi connectivity index (χ1) is 14.0. The minimum absolute atomic E-state index is 0.113. The van der Waals surface area contributed by atoms with Crippen LogP contribution in [0.5, 0.6) is 5.75 Å². The normalized spacial score (nSPS) is 16.9. The molecule has 3 heterocycles. The fraction of sp³-hybridized carbons (Fsp3) is 0.273. The second-order valence-electron chi connectivity index (χ2n) is 8.00. The summed E-state index contributed by atoms with van der Waals surface area (Å²) in [6, 6.07) is 7.03. The molecule has 2 aliphatic rings. The number of fused-ring (bicyclic) bond motifs is 1. The van der Waals surface area contributed by atoms with Crippen molar-refractivity contribution in [1.29, 1.82) is 0 Å². The molecule has 0 unspecified atom stereocenters. The Morgan fingerprint density at radius 3 is 2.62 bits per heavy atom. The summed E-state index contributed by atoms with van der Waals surface area (Å²) in [6.45, 7) is 0.285. The van der Waals surface area contributed by atoms with E-state index in [0.717, 1.165) is 24.8 Å². The summed E-state index contributed by atoms with van der Waals surface area (Å²) in [7, 11) is 1.73. The molecule has 2 aromatic carbocycles. The van der Waals surface area contributed by atoms with E-state index in [4.69, 9.17) is 4.74 Å². The molecule has 1 fully saturated rings. The van der Waals surface area contributed by atoms with Crippen LogP contribution in [-0.2, 0) is 12.6 Å². The largest absolute Gasteiger partial charge is 0.490 e. The summed E-state index contributed by atoms with van der Waals surface area (Å²) in [5.74, 6) is -0.510. The topological polar surface area (TPSA) is 49.0 Å². The number of aryl methyl sites for hydroxylation is 1. The lowest BCUT2D eigenvalue weighted by Gasteiger charge is -2.41. The lowest BCUT2D eigenvalue weighted by molar-refractivity contribution is 0.0719. The van der Waals surface area contributed by atoms with E-state index >= 15 is 4.39 Å². The second-order valence-corrected chi connectivity index (χ2v) is 8.00. The van der Waals surface area contributed by atoms with Crippen LogP contribution in [0.2, 0.25) is 0 Å². The highest BCUT2D eigenvalue weighted by molar-refractivity contribution is 6.09. The number of halogens is 2. The van der Waals surface area contributed by atoms with Crippen molar-refractivity contribution in [2.45, 2.75) is 24.8 Å². The Bertz CT molecular complexity index is 1380. The van der Waals surface area contributed by atoms with Crippen molar-refractivity contribution in [3.05, 3.63) is 58.6 Å². The third-order valence-electron chi connectivity index (χ3n) is 6.46. The van der Waals surface area contributed by atoms with Gasteiger partial charge >= 0.3 is 5.69 Å². The minimum atomic E-state index is -0.486. The highest BCUT2D eigenvalue weighted by atomic mass is 19.1. The van der Waals surface area contributed by atoms with Gasteiger partial charge in [0.05, 0.1) is 39.2 Å². The van der Waals surface area contributed by atoms with Gasteiger partial charge in [0, 0.05) is 13.1 Å². The van der Waals surface area contributed by atoms with E-state index in [1.807, 2.05) is 4.57 Å². The molecule has 1 spiro atoms. The van der Waals surface area contributed by atoms with Gasteiger partial charge in [-0.1, -0.05) is 12.1 Å². The van der Waals surface area contributed by atoms with Crippen molar-refractivity contribution in [2.75, 3.05) is 6.61 Å². The quantitative estimate of drug-likeness (QED) is 0.489. The smallest absolute Gasteiger partial charge is 0.329 e. The number of rotatable bonds is 1. The maximum absolute atomic E-state index is 15.2. The molecular formula is C22H17F2N3O2. The van der Waals surface area contributed by atoms with E-state index in [9.17, 15) is 9.18 Å². The SMILES string of the molecule is Cn1c(=O)n2c3c4c(c(-c5ccc(F)cc5)c(F)cc4ncc31)OCC21CCC1. The predicted molar refractivity (Wildman–Crippen MR) is 105 cm³/mol. The monoisotopic (exact) mass is 393 g/mol. The number of nitrogens with zero attached hydrogens (tertiary/aromatic N) is 3. The van der Waals surface area contributed by atoms with Gasteiger partial charge in [0.15, 0.2) is 0 Å². The van der Waals surface area contributed by atoms with Gasteiger partial charge in [-0.3, -0.25) is 14.1 Å². The second kappa shape index (κ2) is 5.43. The molecule has 7 heteroatoms. The summed E-state index contributed by atoms with van der Waals surface area (Å²) in [5, 5.41) is 0.629. The Kier molecular flexibility index (Phi) is 3.13. The molecule has 2 aromatic heterocycles. The Balaban J connectivity index is 1.80. The Hall–Kier alpha value is -3.22. The van der Waals surface area contributed by atoms with Crippen LogP contribution in [0.4, 0.5) is 8.78 Å². The van der Waals surface area contributed by atoms with E-state index in [2.05, 4.69) is 4.98 Å². The van der Waals surface area contributed by atoms with Gasteiger partial charge < -0.3 is 4.74 Å². The van der Waals surface area contributed by atoms with E-state index in [0.29, 0.717) is 27.7 Å². The first-order valence-corrected chi connectivity index (χ1v) is 9.62. The van der Waals surface area contributed by atoms with Gasteiger partial charge in [-0.05, 0) is 37.0 Å². The molecule has 29 heavy (non-hydrogen) atoms. The van der Waals surface area contributed by atoms with Gasteiger partial charge in [0.25, 0.3) is 0 Å². The van der Waals surface area contributed by atoms with Crippen LogP contribution in [-0.4, -0.2) is 20.7 Å². The number of hydrogen-bond acceptors (Lipinski definition) is 3. The first kappa shape index (κ1) is 16.7. The summed E-state index contributed by atoms with van der Waals surface area (Å²) < 4.78 is 38.3. The van der Waals surface area contributed by atoms with E-state index < -0.39 is 17.2 Å². The van der Waals surface area contributed by atoms with E-state index in [1.165, 1.54) is 30.3 Å². The maximum atomic E-state index is 15.2. The molecule has 1 aliphatic heterocycles. The van der Waals surface area contributed by atoms with E-state index in [1.54, 1.807) is 17.8 Å². The fourth-order valence-electron chi connectivity index (χ4n) is 4.78. The molecule has 146 valence electrons. The number of pyridine rings is 1. The van der Waals surface area contributed by atoms with Gasteiger partial charge in [-0.15, -0.1) is 0 Å². The number of benzene rings is 2. The van der Waals surface area contributed by atoms with Crippen molar-refractivity contribution in [3.63, 3.8) is 0 Å². The van der Waals surface area contributed by atoms with Crippen LogP contribution in [0.15, 0.2) is 41.3 Å². The number of ether oxygens (including phenoxy) is 1. The van der Waals surface area contributed by atoms with Crippen LogP contribution in [0.3, 0.4) is 0 Å². The third-order valence-corrected chi connectivity index (χ3v) is 6.46. The molecule has 0 radical (unpaired) electrons. The van der Waals surface area contributed by atoms with Crippen LogP contribution < -0.4 is 10.4 Å². The number of imidazole rings is 1. The summed E-state index contributed by atoms with van der Waals surface area (Å²) in [5.41, 5.74) is 2.11. The molecule has 0 N–H and O–H groups in total. The van der Waals surface area contributed by atoms with Crippen molar-refractivity contribution < 1.29 is 13.5 Å². The zero-order valence-electron chi connectivity index (χ0n) is 15.7. The third kappa shape index (κ3) is 2.02. The molecule has 0 bridgehead atoms. The van der Waals surface area contributed by atoms with Crippen LogP contribution in [0, 0.1) is 11.6 Å². The summed E-state index contributed by atoms with van der Waals surface area (Å²) in [4.78, 5) is 17.5. The molecule has 5 nitrogen and oxygen atoms in total. The van der Waals surface area contributed by atoms with Crippen molar-refractivity contribution in [2.24, 2.45) is 7.05 Å². The summed E-state index contributed by atoms with van der Waals surface area (Å²) >= 11 is 0. The van der Waals surface area contributed by atoms with Crippen LogP contribution >= 0.6 is 0 Å². The average molecular weight is 393 g/mol. The Morgan fingerprint density at radius 1 is 1.17 bits per heavy atom. The molecule has 0 atom stereocenters. The molecular weight excluding hydrogens is 376 g/mol. The standard InChI is InChI=1S/C22H17F2N3O2/c1-26-16-10-25-15-9-14(24)17(12-3-5-13(23)6-4-12)20-18(15)19(16)27(21(26)28)22(11-29-20)7-2-8-22/h3-6,9-10H,2,7-8,11H2,1H3. The molecule has 0 amide bonds. The molecule has 1 aliphatic carbocycles. The molecule has 4 aromatic rings. The number of aromatic nitrogens is 3. The number of hydrogen-bond donors (Lipinski definition) is 0. The predicted octanol–water partition coefficient (Wildman–Crippen LogP) is 4.11. The highest BCUT2D eigenvalue weighted by Crippen LogP contribution is 2.48. The molecule has 1 saturated carbocycles. The summed E-state index contributed by atoms with van der Waals surface area (Å²) in [6.07, 6.45) is 4.29. The molecule has 6 rings (SSSR count). The lowest BCUT2D eigenvalue weighted by Crippen LogP contribution is -2.50. The van der Waals surface area contributed by atoms with Crippen molar-refractivity contribution in [3.8, 4) is 16.9 Å². The minimum Gasteiger partial charge on any atom is -0.490 e. The lowest BCUT2D eigenvalue weighted by atomic mass is 9.77. The van der Waals surface area contributed by atoms with Crippen LogP contribution in [0.1, 0.15) is 19.3 Å². The van der Waals surface area contributed by atoms with Gasteiger partial charge in [-0.25, -0.2) is 13.6 Å². The maximum Gasteiger partial charge on any atom is 0.329 e. The van der Waals surface area contributed by atoms with Gasteiger partial charge in [-0.2, -0.15) is 0 Å². The first-order valence-electron chi connectivity index (χ1n) is 9.62. The van der Waals surface area contributed by atoms with Crippen molar-refractivity contribution in [1.82, 2.24) is 14.1 Å². The zero-order chi connectivity index (χ0) is 19.9. The average Bonchev–Trinajstić information content (AvgIpc) is 2.84.